The Labute approximate surface area is 110 Å². The van der Waals surface area contributed by atoms with Crippen LogP contribution in [0.1, 0.15) is 33.6 Å². The number of rotatable bonds is 6. The summed E-state index contributed by atoms with van der Waals surface area (Å²) in [5, 5.41) is 3.33. The van der Waals surface area contributed by atoms with Crippen molar-refractivity contribution in [1.82, 2.24) is 10.2 Å². The van der Waals surface area contributed by atoms with Crippen LogP contribution >= 0.6 is 11.8 Å². The first-order valence-electron chi connectivity index (χ1n) is 6.82. The topological polar surface area (TPSA) is 32.3 Å². The summed E-state index contributed by atoms with van der Waals surface area (Å²) >= 11 is 1.88. The fourth-order valence-electron chi connectivity index (χ4n) is 2.18. The van der Waals surface area contributed by atoms with Crippen molar-refractivity contribution < 1.29 is 4.79 Å². The van der Waals surface area contributed by atoms with Crippen LogP contribution < -0.4 is 5.32 Å². The summed E-state index contributed by atoms with van der Waals surface area (Å²) in [6.07, 6.45) is 2.32. The van der Waals surface area contributed by atoms with Crippen molar-refractivity contribution in [2.24, 2.45) is 5.92 Å². The Balaban J connectivity index is 2.50. The Hall–Kier alpha value is -0.220. The lowest BCUT2D eigenvalue weighted by Gasteiger charge is -2.31. The molecular weight excluding hydrogens is 232 g/mol. The molecule has 4 heteroatoms. The zero-order valence-corrected chi connectivity index (χ0v) is 12.2. The highest BCUT2D eigenvalue weighted by Gasteiger charge is 2.26. The molecule has 1 fully saturated rings. The number of carbonyl (C=O) groups is 1. The fraction of sp³-hybridized carbons (Fsp3) is 0.923. The van der Waals surface area contributed by atoms with Gasteiger partial charge in [-0.05, 0) is 12.8 Å². The first kappa shape index (κ1) is 14.8. The van der Waals surface area contributed by atoms with Crippen LogP contribution in [0.2, 0.25) is 0 Å². The summed E-state index contributed by atoms with van der Waals surface area (Å²) in [4.78, 5) is 14.4. The molecule has 0 bridgehead atoms. The van der Waals surface area contributed by atoms with E-state index in [0.717, 1.165) is 44.0 Å². The number of nitrogens with one attached hydrogen (secondary N) is 1. The van der Waals surface area contributed by atoms with Gasteiger partial charge in [0.15, 0.2) is 0 Å². The summed E-state index contributed by atoms with van der Waals surface area (Å²) in [5.74, 6) is 3.00. The van der Waals surface area contributed by atoms with E-state index in [0.29, 0.717) is 11.8 Å². The highest BCUT2D eigenvalue weighted by molar-refractivity contribution is 7.99. The first-order valence-corrected chi connectivity index (χ1v) is 7.98. The van der Waals surface area contributed by atoms with E-state index >= 15 is 0 Å². The van der Waals surface area contributed by atoms with Gasteiger partial charge in [-0.15, -0.1) is 0 Å². The maximum atomic E-state index is 12.3. The van der Waals surface area contributed by atoms with Gasteiger partial charge < -0.3 is 10.2 Å². The molecule has 100 valence electrons. The molecule has 1 rings (SSSR count). The number of amides is 1. The molecule has 1 N–H and O–H groups in total. The van der Waals surface area contributed by atoms with Gasteiger partial charge in [-0.3, -0.25) is 4.79 Å². The van der Waals surface area contributed by atoms with E-state index < -0.39 is 0 Å². The molecular formula is C13H26N2OS. The summed E-state index contributed by atoms with van der Waals surface area (Å²) in [5.41, 5.74) is 0. The second kappa shape index (κ2) is 7.98. The van der Waals surface area contributed by atoms with Crippen molar-refractivity contribution in [3.05, 3.63) is 0 Å². The quantitative estimate of drug-likeness (QED) is 0.790. The lowest BCUT2D eigenvalue weighted by Crippen LogP contribution is -2.51. The zero-order valence-electron chi connectivity index (χ0n) is 11.4. The van der Waals surface area contributed by atoms with E-state index in [4.69, 9.17) is 0 Å². The van der Waals surface area contributed by atoms with Crippen LogP contribution in [0.5, 0.6) is 0 Å². The number of hydrogen-bond acceptors (Lipinski definition) is 3. The molecule has 1 aliphatic heterocycles. The molecule has 1 aliphatic rings. The van der Waals surface area contributed by atoms with Gasteiger partial charge in [-0.25, -0.2) is 0 Å². The van der Waals surface area contributed by atoms with Crippen LogP contribution in [0.25, 0.3) is 0 Å². The van der Waals surface area contributed by atoms with Gasteiger partial charge in [-0.2, -0.15) is 11.8 Å². The molecule has 1 amide bonds. The van der Waals surface area contributed by atoms with Crippen molar-refractivity contribution in [3.63, 3.8) is 0 Å². The number of carbonyl (C=O) groups excluding carboxylic acids is 1. The Bertz CT molecular complexity index is 225. The van der Waals surface area contributed by atoms with E-state index in [1.54, 1.807) is 0 Å². The van der Waals surface area contributed by atoms with Crippen molar-refractivity contribution in [2.45, 2.75) is 39.7 Å². The third kappa shape index (κ3) is 4.51. The summed E-state index contributed by atoms with van der Waals surface area (Å²) in [7, 11) is 0. The van der Waals surface area contributed by atoms with Crippen LogP contribution in [-0.2, 0) is 4.79 Å². The van der Waals surface area contributed by atoms with Crippen LogP contribution in [-0.4, -0.2) is 48.0 Å². The van der Waals surface area contributed by atoms with Crippen LogP contribution in [0.3, 0.4) is 0 Å². The first-order chi connectivity index (χ1) is 8.22. The molecule has 1 saturated heterocycles. The van der Waals surface area contributed by atoms with Gasteiger partial charge in [0.2, 0.25) is 5.91 Å². The lowest BCUT2D eigenvalue weighted by molar-refractivity contribution is -0.133. The molecule has 0 radical (unpaired) electrons. The summed E-state index contributed by atoms with van der Waals surface area (Å²) in [6, 6.07) is 0.0445. The molecule has 1 unspecified atom stereocenters. The van der Waals surface area contributed by atoms with Gasteiger partial charge in [0.25, 0.3) is 0 Å². The van der Waals surface area contributed by atoms with E-state index in [1.165, 1.54) is 0 Å². The Morgan fingerprint density at radius 3 is 2.59 bits per heavy atom. The van der Waals surface area contributed by atoms with E-state index in [-0.39, 0.29) is 6.04 Å². The second-order valence-electron chi connectivity index (χ2n) is 4.64. The number of thioether (sulfide) groups is 1. The number of hydrogen-bond donors (Lipinski definition) is 1. The maximum absolute atomic E-state index is 12.3. The molecule has 1 heterocycles. The smallest absolute Gasteiger partial charge is 0.240 e. The molecule has 0 aromatic heterocycles. The second-order valence-corrected chi connectivity index (χ2v) is 5.79. The van der Waals surface area contributed by atoms with Gasteiger partial charge in [0.1, 0.15) is 0 Å². The van der Waals surface area contributed by atoms with E-state index in [1.807, 2.05) is 16.7 Å². The van der Waals surface area contributed by atoms with Crippen LogP contribution in [0.15, 0.2) is 0 Å². The van der Waals surface area contributed by atoms with E-state index in [2.05, 4.69) is 26.1 Å². The minimum atomic E-state index is 0.0445. The minimum absolute atomic E-state index is 0.0445. The van der Waals surface area contributed by atoms with Gasteiger partial charge in [0, 0.05) is 31.1 Å². The lowest BCUT2D eigenvalue weighted by atomic mass is 10.0. The van der Waals surface area contributed by atoms with Crippen LogP contribution in [0.4, 0.5) is 0 Å². The standard InChI is InChI=1S/C13H26N2OS/c1-4-11(5-2)9-15(6-3)13(16)12-10-17-8-7-14-12/h11-12,14H,4-10H2,1-3H3. The monoisotopic (exact) mass is 258 g/mol. The van der Waals surface area contributed by atoms with Gasteiger partial charge in [-0.1, -0.05) is 26.7 Å². The van der Waals surface area contributed by atoms with Gasteiger partial charge >= 0.3 is 0 Å². The Kier molecular flexibility index (Phi) is 6.97. The Morgan fingerprint density at radius 2 is 2.12 bits per heavy atom. The Morgan fingerprint density at radius 1 is 1.41 bits per heavy atom. The maximum Gasteiger partial charge on any atom is 0.240 e. The number of likely N-dealkylation sites (N-methyl/N-ethyl adjacent to an activating group) is 1. The van der Waals surface area contributed by atoms with Crippen molar-refractivity contribution in [2.75, 3.05) is 31.1 Å². The van der Waals surface area contributed by atoms with Crippen molar-refractivity contribution in [3.8, 4) is 0 Å². The fourth-order valence-corrected chi connectivity index (χ4v) is 3.10. The molecule has 0 aromatic carbocycles. The highest BCUT2D eigenvalue weighted by atomic mass is 32.2. The minimum Gasteiger partial charge on any atom is -0.341 e. The van der Waals surface area contributed by atoms with E-state index in [9.17, 15) is 4.79 Å². The number of nitrogens with zero attached hydrogens (tertiary/aromatic N) is 1. The average Bonchev–Trinajstić information content (AvgIpc) is 2.40. The zero-order chi connectivity index (χ0) is 12.7. The molecule has 1 atom stereocenters. The van der Waals surface area contributed by atoms with Crippen LogP contribution in [0, 0.1) is 5.92 Å². The highest BCUT2D eigenvalue weighted by Crippen LogP contribution is 2.14. The summed E-state index contributed by atoms with van der Waals surface area (Å²) in [6.45, 7) is 9.21. The molecule has 0 aliphatic carbocycles. The molecule has 0 spiro atoms. The third-order valence-corrected chi connectivity index (χ3v) is 4.61. The average molecular weight is 258 g/mol. The summed E-state index contributed by atoms with van der Waals surface area (Å²) < 4.78 is 0. The van der Waals surface area contributed by atoms with Gasteiger partial charge in [0.05, 0.1) is 6.04 Å². The normalized spacial score (nSPS) is 20.6. The molecule has 3 nitrogen and oxygen atoms in total. The predicted molar refractivity (Wildman–Crippen MR) is 75.4 cm³/mol. The predicted octanol–water partition coefficient (Wildman–Crippen LogP) is 1.98. The van der Waals surface area contributed by atoms with Crippen molar-refractivity contribution in [1.29, 1.82) is 0 Å². The molecule has 0 aromatic rings. The largest absolute Gasteiger partial charge is 0.341 e. The molecule has 17 heavy (non-hydrogen) atoms. The van der Waals surface area contributed by atoms with Crippen molar-refractivity contribution >= 4 is 17.7 Å². The third-order valence-electron chi connectivity index (χ3n) is 3.55. The molecule has 0 saturated carbocycles. The SMILES string of the molecule is CCC(CC)CN(CC)C(=O)C1CSCCN1.